The second kappa shape index (κ2) is 10.2. The zero-order valence-corrected chi connectivity index (χ0v) is 18.6. The lowest BCUT2D eigenvalue weighted by atomic mass is 10.0. The molecule has 1 aliphatic heterocycles. The van der Waals surface area contributed by atoms with Crippen molar-refractivity contribution < 1.29 is 23.8 Å². The van der Waals surface area contributed by atoms with E-state index in [-0.39, 0.29) is 11.8 Å². The molecule has 7 nitrogen and oxygen atoms in total. The van der Waals surface area contributed by atoms with Crippen molar-refractivity contribution in [3.05, 3.63) is 41.5 Å². The molecule has 0 unspecified atom stereocenters. The third-order valence-electron chi connectivity index (χ3n) is 5.01. The van der Waals surface area contributed by atoms with E-state index in [9.17, 15) is 9.59 Å². The molecule has 0 fully saturated rings. The zero-order chi connectivity index (χ0) is 22.4. The molecular formula is C24H30N2O5. The van der Waals surface area contributed by atoms with Gasteiger partial charge < -0.3 is 24.4 Å². The summed E-state index contributed by atoms with van der Waals surface area (Å²) in [6.45, 7) is 9.19. The van der Waals surface area contributed by atoms with E-state index in [4.69, 9.17) is 14.2 Å². The van der Waals surface area contributed by atoms with Crippen molar-refractivity contribution >= 4 is 23.2 Å². The van der Waals surface area contributed by atoms with Gasteiger partial charge in [0.2, 0.25) is 11.7 Å². The lowest BCUT2D eigenvalue weighted by Gasteiger charge is -2.29. The van der Waals surface area contributed by atoms with Crippen molar-refractivity contribution in [1.29, 1.82) is 0 Å². The fourth-order valence-electron chi connectivity index (χ4n) is 3.70. The summed E-state index contributed by atoms with van der Waals surface area (Å²) in [5.74, 6) is 1.13. The smallest absolute Gasteiger partial charge is 0.255 e. The number of amides is 2. The summed E-state index contributed by atoms with van der Waals surface area (Å²) in [4.78, 5) is 26.8. The first-order valence-electron chi connectivity index (χ1n) is 10.8. The van der Waals surface area contributed by atoms with Crippen molar-refractivity contribution in [1.82, 2.24) is 0 Å². The van der Waals surface area contributed by atoms with Gasteiger partial charge in [0.15, 0.2) is 11.5 Å². The van der Waals surface area contributed by atoms with E-state index in [1.165, 1.54) is 0 Å². The van der Waals surface area contributed by atoms with Crippen molar-refractivity contribution in [2.75, 3.05) is 36.6 Å². The summed E-state index contributed by atoms with van der Waals surface area (Å²) >= 11 is 0. The van der Waals surface area contributed by atoms with Gasteiger partial charge in [-0.15, -0.1) is 0 Å². The third-order valence-corrected chi connectivity index (χ3v) is 5.01. The van der Waals surface area contributed by atoms with E-state index in [0.717, 1.165) is 24.1 Å². The van der Waals surface area contributed by atoms with Gasteiger partial charge in [0.25, 0.3) is 5.91 Å². The van der Waals surface area contributed by atoms with Crippen LogP contribution in [0.3, 0.4) is 0 Å². The van der Waals surface area contributed by atoms with Gasteiger partial charge in [0.1, 0.15) is 0 Å². The molecular weight excluding hydrogens is 396 g/mol. The predicted molar refractivity (Wildman–Crippen MR) is 121 cm³/mol. The van der Waals surface area contributed by atoms with Crippen molar-refractivity contribution in [2.24, 2.45) is 0 Å². The van der Waals surface area contributed by atoms with Crippen LogP contribution >= 0.6 is 0 Å². The van der Waals surface area contributed by atoms with Gasteiger partial charge in [0.05, 0.1) is 19.8 Å². The molecule has 2 aromatic rings. The molecule has 0 aliphatic carbocycles. The van der Waals surface area contributed by atoms with Crippen LogP contribution in [0.1, 0.15) is 50.0 Å². The second-order valence-corrected chi connectivity index (χ2v) is 7.17. The van der Waals surface area contributed by atoms with Crippen LogP contribution in [0.15, 0.2) is 30.3 Å². The molecule has 1 heterocycles. The number of carbonyl (C=O) groups excluding carboxylic acids is 2. The summed E-state index contributed by atoms with van der Waals surface area (Å²) in [6, 6.07) is 9.01. The Kier molecular flexibility index (Phi) is 7.39. The second-order valence-electron chi connectivity index (χ2n) is 7.17. The number of fused-ring (bicyclic) bond motifs is 1. The van der Waals surface area contributed by atoms with Crippen LogP contribution in [0.4, 0.5) is 11.4 Å². The number of hydrogen-bond acceptors (Lipinski definition) is 5. The van der Waals surface area contributed by atoms with E-state index in [1.807, 2.05) is 39.0 Å². The summed E-state index contributed by atoms with van der Waals surface area (Å²) in [5.41, 5.74) is 2.99. The molecule has 2 aromatic carbocycles. The summed E-state index contributed by atoms with van der Waals surface area (Å²) in [5, 5.41) is 2.93. The van der Waals surface area contributed by atoms with E-state index in [1.54, 1.807) is 24.0 Å². The highest BCUT2D eigenvalue weighted by atomic mass is 16.5. The van der Waals surface area contributed by atoms with Gasteiger partial charge in [-0.05, 0) is 63.4 Å². The van der Waals surface area contributed by atoms with Gasteiger partial charge in [-0.1, -0.05) is 6.07 Å². The normalized spacial score (nSPS) is 12.7. The highest BCUT2D eigenvalue weighted by Gasteiger charge is 2.22. The van der Waals surface area contributed by atoms with Crippen LogP contribution in [0.2, 0.25) is 0 Å². The fourth-order valence-corrected chi connectivity index (χ4v) is 3.70. The number of aryl methyl sites for hydroxylation is 1. The zero-order valence-electron chi connectivity index (χ0n) is 18.6. The molecule has 166 valence electrons. The monoisotopic (exact) mass is 426 g/mol. The Bertz CT molecular complexity index is 930. The Balaban J connectivity index is 1.91. The summed E-state index contributed by atoms with van der Waals surface area (Å²) in [6.07, 6.45) is 1.85. The van der Waals surface area contributed by atoms with Crippen LogP contribution < -0.4 is 24.4 Å². The largest absolute Gasteiger partial charge is 0.490 e. The number of anilines is 2. The first-order valence-corrected chi connectivity index (χ1v) is 10.8. The number of nitrogens with zero attached hydrogens (tertiary/aromatic N) is 1. The maximum Gasteiger partial charge on any atom is 0.255 e. The van der Waals surface area contributed by atoms with E-state index < -0.39 is 0 Å². The topological polar surface area (TPSA) is 77.1 Å². The summed E-state index contributed by atoms with van der Waals surface area (Å²) < 4.78 is 17.1. The molecule has 0 saturated carbocycles. The first kappa shape index (κ1) is 22.5. The van der Waals surface area contributed by atoms with Gasteiger partial charge in [0, 0.05) is 30.4 Å². The minimum absolute atomic E-state index is 0.00125. The number of hydrogen-bond donors (Lipinski definition) is 1. The van der Waals surface area contributed by atoms with E-state index in [2.05, 4.69) is 5.32 Å². The SMILES string of the molecule is CCOc1cc(C(=O)Nc2ccc3c(c2)N(C(C)=O)CCC3)cc(OCC)c1OCC. The number of nitrogens with one attached hydrogen (secondary N) is 1. The average Bonchev–Trinajstić information content (AvgIpc) is 2.75. The first-order chi connectivity index (χ1) is 15.0. The molecule has 7 heteroatoms. The van der Waals surface area contributed by atoms with Crippen LogP contribution in [-0.2, 0) is 11.2 Å². The Morgan fingerprint density at radius 2 is 1.61 bits per heavy atom. The molecule has 0 spiro atoms. The van der Waals surface area contributed by atoms with Gasteiger partial charge >= 0.3 is 0 Å². The molecule has 0 bridgehead atoms. The van der Waals surface area contributed by atoms with Crippen molar-refractivity contribution in [3.8, 4) is 17.2 Å². The Morgan fingerprint density at radius 3 is 2.19 bits per heavy atom. The van der Waals surface area contributed by atoms with E-state index >= 15 is 0 Å². The van der Waals surface area contributed by atoms with Gasteiger partial charge in [-0.2, -0.15) is 0 Å². The lowest BCUT2D eigenvalue weighted by Crippen LogP contribution is -2.33. The number of benzene rings is 2. The van der Waals surface area contributed by atoms with Crippen molar-refractivity contribution in [3.63, 3.8) is 0 Å². The van der Waals surface area contributed by atoms with Gasteiger partial charge in [-0.3, -0.25) is 9.59 Å². The van der Waals surface area contributed by atoms with Crippen LogP contribution in [0, 0.1) is 0 Å². The molecule has 1 aliphatic rings. The molecule has 1 N–H and O–H groups in total. The van der Waals surface area contributed by atoms with Crippen LogP contribution in [0.25, 0.3) is 0 Å². The van der Waals surface area contributed by atoms with Crippen molar-refractivity contribution in [2.45, 2.75) is 40.5 Å². The fraction of sp³-hybridized carbons (Fsp3) is 0.417. The Morgan fingerprint density at radius 1 is 0.968 bits per heavy atom. The molecule has 31 heavy (non-hydrogen) atoms. The number of carbonyl (C=O) groups is 2. The Hall–Kier alpha value is -3.22. The minimum Gasteiger partial charge on any atom is -0.490 e. The quantitative estimate of drug-likeness (QED) is 0.676. The molecule has 3 rings (SSSR count). The van der Waals surface area contributed by atoms with E-state index in [0.29, 0.717) is 54.9 Å². The average molecular weight is 427 g/mol. The van der Waals surface area contributed by atoms with Gasteiger partial charge in [-0.25, -0.2) is 0 Å². The Labute approximate surface area is 183 Å². The highest BCUT2D eigenvalue weighted by Crippen LogP contribution is 2.39. The predicted octanol–water partition coefficient (Wildman–Crippen LogP) is 4.43. The molecule has 0 aromatic heterocycles. The number of rotatable bonds is 8. The maximum absolute atomic E-state index is 13.0. The van der Waals surface area contributed by atoms with Crippen LogP contribution in [0.5, 0.6) is 17.2 Å². The summed E-state index contributed by atoms with van der Waals surface area (Å²) in [7, 11) is 0. The molecule has 0 saturated heterocycles. The highest BCUT2D eigenvalue weighted by molar-refractivity contribution is 6.05. The minimum atomic E-state index is -0.296. The standard InChI is InChI=1S/C24H30N2O5/c1-5-29-21-13-18(14-22(30-6-2)23(21)31-7-3)24(28)25-19-11-10-17-9-8-12-26(16(4)27)20(17)15-19/h10-11,13-15H,5-9,12H2,1-4H3,(H,25,28). The molecule has 2 amide bonds. The number of ether oxygens (including phenoxy) is 3. The van der Waals surface area contributed by atoms with Crippen LogP contribution in [-0.4, -0.2) is 38.2 Å². The third kappa shape index (κ3) is 5.10. The lowest BCUT2D eigenvalue weighted by molar-refractivity contribution is -0.116. The maximum atomic E-state index is 13.0. The molecule has 0 atom stereocenters. The molecule has 0 radical (unpaired) electrons.